The second-order valence-corrected chi connectivity index (χ2v) is 8.56. The van der Waals surface area contributed by atoms with Crippen LogP contribution in [-0.2, 0) is 6.18 Å². The Hall–Kier alpha value is -2.81. The standard InChI is InChI=1S/C22H24F4N4O/c1-12-14(4-3-5-16(12)22(24,25)26)13(2)29-20(31)15-6-19(17(23)7-18(15)27)30-10-21(11-30)8-28-9-21/h3-7,13,28H,8-11,27H2,1-2H3,(H,29,31)/t13-/m1/s1. The number of amides is 1. The van der Waals surface area contributed by atoms with Crippen molar-refractivity contribution in [2.45, 2.75) is 26.1 Å². The third-order valence-electron chi connectivity index (χ3n) is 6.25. The molecule has 1 amide bonds. The van der Waals surface area contributed by atoms with Crippen molar-refractivity contribution in [1.29, 1.82) is 0 Å². The van der Waals surface area contributed by atoms with E-state index >= 15 is 0 Å². The lowest BCUT2D eigenvalue weighted by Crippen LogP contribution is -2.71. The third kappa shape index (κ3) is 3.82. The van der Waals surface area contributed by atoms with Gasteiger partial charge in [0.15, 0.2) is 0 Å². The highest BCUT2D eigenvalue weighted by Gasteiger charge is 2.48. The number of nitrogens with one attached hydrogen (secondary N) is 2. The van der Waals surface area contributed by atoms with E-state index in [4.69, 9.17) is 5.73 Å². The number of alkyl halides is 3. The minimum absolute atomic E-state index is 0.0211. The van der Waals surface area contributed by atoms with Gasteiger partial charge in [-0.3, -0.25) is 4.79 Å². The molecule has 1 atom stereocenters. The lowest BCUT2D eigenvalue weighted by atomic mass is 9.74. The molecule has 2 fully saturated rings. The van der Waals surface area contributed by atoms with E-state index in [2.05, 4.69) is 10.6 Å². The van der Waals surface area contributed by atoms with Crippen LogP contribution >= 0.6 is 0 Å². The van der Waals surface area contributed by atoms with Crippen LogP contribution in [0.3, 0.4) is 0 Å². The summed E-state index contributed by atoms with van der Waals surface area (Å²) in [7, 11) is 0. The Morgan fingerprint density at radius 1 is 1.26 bits per heavy atom. The van der Waals surface area contributed by atoms with Crippen molar-refractivity contribution < 1.29 is 22.4 Å². The third-order valence-corrected chi connectivity index (χ3v) is 6.25. The average molecular weight is 436 g/mol. The highest BCUT2D eigenvalue weighted by atomic mass is 19.4. The number of rotatable bonds is 4. The summed E-state index contributed by atoms with van der Waals surface area (Å²) in [5.41, 5.74) is 6.10. The van der Waals surface area contributed by atoms with Crippen molar-refractivity contribution in [3.05, 3.63) is 58.4 Å². The van der Waals surface area contributed by atoms with Gasteiger partial charge in [-0.2, -0.15) is 13.2 Å². The van der Waals surface area contributed by atoms with E-state index in [1.165, 1.54) is 19.1 Å². The van der Waals surface area contributed by atoms with Gasteiger partial charge in [-0.05, 0) is 43.2 Å². The SMILES string of the molecule is Cc1c([C@@H](C)NC(=O)c2cc(N3CC4(CNC4)C3)c(F)cc2N)cccc1C(F)(F)F. The fourth-order valence-corrected chi connectivity index (χ4v) is 4.43. The molecule has 31 heavy (non-hydrogen) atoms. The quantitative estimate of drug-likeness (QED) is 0.506. The maximum absolute atomic E-state index is 14.5. The van der Waals surface area contributed by atoms with Crippen molar-refractivity contribution in [2.24, 2.45) is 5.41 Å². The second kappa shape index (κ2) is 7.40. The van der Waals surface area contributed by atoms with E-state index in [9.17, 15) is 22.4 Å². The molecule has 2 heterocycles. The van der Waals surface area contributed by atoms with Crippen molar-refractivity contribution in [3.63, 3.8) is 0 Å². The molecule has 0 aliphatic carbocycles. The predicted octanol–water partition coefficient (Wildman–Crippen LogP) is 3.64. The summed E-state index contributed by atoms with van der Waals surface area (Å²) in [4.78, 5) is 14.7. The summed E-state index contributed by atoms with van der Waals surface area (Å²) in [5, 5.41) is 5.90. The molecule has 2 aliphatic heterocycles. The summed E-state index contributed by atoms with van der Waals surface area (Å²) in [6, 6.07) is 5.71. The molecule has 0 aromatic heterocycles. The Kier molecular flexibility index (Phi) is 5.12. The maximum atomic E-state index is 14.5. The van der Waals surface area contributed by atoms with Gasteiger partial charge in [0.1, 0.15) is 5.82 Å². The molecule has 2 aromatic rings. The predicted molar refractivity (Wildman–Crippen MR) is 110 cm³/mol. The van der Waals surface area contributed by atoms with Crippen LogP contribution < -0.4 is 21.3 Å². The van der Waals surface area contributed by atoms with Crippen LogP contribution in [0.15, 0.2) is 30.3 Å². The molecule has 2 saturated heterocycles. The number of nitrogens with two attached hydrogens (primary N) is 1. The molecule has 0 saturated carbocycles. The van der Waals surface area contributed by atoms with Gasteiger partial charge in [-0.15, -0.1) is 0 Å². The molecule has 0 bridgehead atoms. The van der Waals surface area contributed by atoms with Crippen molar-refractivity contribution in [3.8, 4) is 0 Å². The van der Waals surface area contributed by atoms with Crippen LogP contribution in [0.5, 0.6) is 0 Å². The molecule has 9 heteroatoms. The smallest absolute Gasteiger partial charge is 0.398 e. The first-order chi connectivity index (χ1) is 14.5. The number of anilines is 2. The number of carbonyl (C=O) groups is 1. The molecule has 166 valence electrons. The van der Waals surface area contributed by atoms with Crippen LogP contribution in [0.2, 0.25) is 0 Å². The van der Waals surface area contributed by atoms with Gasteiger partial charge < -0.3 is 21.3 Å². The molecule has 0 radical (unpaired) electrons. The average Bonchev–Trinajstić information content (AvgIpc) is 2.59. The molecule has 0 unspecified atom stereocenters. The van der Waals surface area contributed by atoms with Crippen molar-refractivity contribution >= 4 is 17.3 Å². The van der Waals surface area contributed by atoms with Crippen LogP contribution in [0.25, 0.3) is 0 Å². The van der Waals surface area contributed by atoms with Gasteiger partial charge in [0.25, 0.3) is 5.91 Å². The first-order valence-corrected chi connectivity index (χ1v) is 10.0. The molecule has 1 spiro atoms. The van der Waals surface area contributed by atoms with Gasteiger partial charge >= 0.3 is 6.18 Å². The van der Waals surface area contributed by atoms with E-state index in [1.807, 2.05) is 4.90 Å². The molecule has 5 nitrogen and oxygen atoms in total. The number of halogens is 4. The van der Waals surface area contributed by atoms with Crippen molar-refractivity contribution in [1.82, 2.24) is 10.6 Å². The van der Waals surface area contributed by atoms with Crippen LogP contribution in [0.1, 0.15) is 40.0 Å². The van der Waals surface area contributed by atoms with Crippen molar-refractivity contribution in [2.75, 3.05) is 36.8 Å². The lowest BCUT2D eigenvalue weighted by molar-refractivity contribution is -0.138. The summed E-state index contributed by atoms with van der Waals surface area (Å²) >= 11 is 0. The van der Waals surface area contributed by atoms with Crippen LogP contribution in [0, 0.1) is 18.2 Å². The Morgan fingerprint density at radius 2 is 1.94 bits per heavy atom. The van der Waals surface area contributed by atoms with E-state index in [0.29, 0.717) is 24.3 Å². The zero-order valence-electron chi connectivity index (χ0n) is 17.2. The summed E-state index contributed by atoms with van der Waals surface area (Å²) in [6.07, 6.45) is -4.48. The second-order valence-electron chi connectivity index (χ2n) is 8.56. The zero-order valence-corrected chi connectivity index (χ0v) is 17.2. The Morgan fingerprint density at radius 3 is 2.52 bits per heavy atom. The molecular weight excluding hydrogens is 412 g/mol. The summed E-state index contributed by atoms with van der Waals surface area (Å²) in [6.45, 7) is 6.15. The summed E-state index contributed by atoms with van der Waals surface area (Å²) < 4.78 is 54.1. The van der Waals surface area contributed by atoms with Crippen LogP contribution in [0.4, 0.5) is 28.9 Å². The molecule has 2 aromatic carbocycles. The minimum Gasteiger partial charge on any atom is -0.398 e. The highest BCUT2D eigenvalue weighted by Crippen LogP contribution is 2.39. The Bertz CT molecular complexity index is 1020. The van der Waals surface area contributed by atoms with E-state index in [0.717, 1.165) is 25.2 Å². The van der Waals surface area contributed by atoms with E-state index in [1.54, 1.807) is 13.0 Å². The van der Waals surface area contributed by atoms with Gasteiger partial charge in [0, 0.05) is 37.3 Å². The Balaban J connectivity index is 1.54. The first-order valence-electron chi connectivity index (χ1n) is 10.0. The fraction of sp³-hybridized carbons (Fsp3) is 0.409. The van der Waals surface area contributed by atoms with E-state index in [-0.39, 0.29) is 22.2 Å². The highest BCUT2D eigenvalue weighted by molar-refractivity contribution is 6.00. The number of nitrogen functional groups attached to an aromatic ring is 1. The minimum atomic E-state index is -4.48. The number of hydrogen-bond donors (Lipinski definition) is 3. The Labute approximate surface area is 177 Å². The summed E-state index contributed by atoms with van der Waals surface area (Å²) in [5.74, 6) is -1.07. The molecule has 2 aliphatic rings. The monoisotopic (exact) mass is 436 g/mol. The number of nitrogens with zero attached hydrogens (tertiary/aromatic N) is 1. The topological polar surface area (TPSA) is 70.4 Å². The largest absolute Gasteiger partial charge is 0.416 e. The number of hydrogen-bond acceptors (Lipinski definition) is 4. The van der Waals surface area contributed by atoms with Gasteiger partial charge in [0.2, 0.25) is 0 Å². The first kappa shape index (κ1) is 21.4. The number of carbonyl (C=O) groups excluding carboxylic acids is 1. The van der Waals surface area contributed by atoms with E-state index < -0.39 is 29.5 Å². The molecule has 4 N–H and O–H groups in total. The fourth-order valence-electron chi connectivity index (χ4n) is 4.43. The number of benzene rings is 2. The maximum Gasteiger partial charge on any atom is 0.416 e. The molecular formula is C22H24F4N4O. The van der Waals surface area contributed by atoms with Gasteiger partial charge in [0.05, 0.1) is 22.9 Å². The zero-order chi connectivity index (χ0) is 22.6. The van der Waals surface area contributed by atoms with Gasteiger partial charge in [-0.25, -0.2) is 4.39 Å². The van der Waals surface area contributed by atoms with Gasteiger partial charge in [-0.1, -0.05) is 12.1 Å². The van der Waals surface area contributed by atoms with Crippen LogP contribution in [-0.4, -0.2) is 32.1 Å². The normalized spacial score (nSPS) is 18.3. The lowest BCUT2D eigenvalue weighted by Gasteiger charge is -2.57. The molecule has 4 rings (SSSR count).